The van der Waals surface area contributed by atoms with Gasteiger partial charge < -0.3 is 4.74 Å². The van der Waals surface area contributed by atoms with Crippen molar-refractivity contribution in [2.45, 2.75) is 46.6 Å². The quantitative estimate of drug-likeness (QED) is 0.521. The minimum Gasteiger partial charge on any atom is -0.373 e. The molecule has 0 spiro atoms. The van der Waals surface area contributed by atoms with Crippen LogP contribution >= 0.6 is 0 Å². The van der Waals surface area contributed by atoms with Gasteiger partial charge >= 0.3 is 5.97 Å². The average Bonchev–Trinajstić information content (AvgIpc) is 1.98. The first-order valence-electron chi connectivity index (χ1n) is 5.20. The van der Waals surface area contributed by atoms with Crippen molar-refractivity contribution >= 4 is 5.97 Å². The van der Waals surface area contributed by atoms with Crippen molar-refractivity contribution < 1.29 is 24.3 Å². The van der Waals surface area contributed by atoms with Crippen LogP contribution in [-0.4, -0.2) is 25.3 Å². The van der Waals surface area contributed by atoms with Crippen molar-refractivity contribution in [3.05, 3.63) is 0 Å². The molecular weight excluding hydrogens is 212 g/mol. The Labute approximate surface area is 96.9 Å². The van der Waals surface area contributed by atoms with E-state index in [0.29, 0.717) is 0 Å². The van der Waals surface area contributed by atoms with Crippen LogP contribution in [0.15, 0.2) is 0 Å². The molecule has 0 saturated heterocycles. The first-order valence-corrected chi connectivity index (χ1v) is 5.20. The molecule has 0 aliphatic carbocycles. The number of rotatable bonds is 6. The van der Waals surface area contributed by atoms with Gasteiger partial charge in [-0.2, -0.15) is 4.89 Å². The van der Waals surface area contributed by atoms with Gasteiger partial charge in [0.1, 0.15) is 12.2 Å². The molecule has 16 heavy (non-hydrogen) atoms. The lowest BCUT2D eigenvalue weighted by Gasteiger charge is -2.29. The van der Waals surface area contributed by atoms with Crippen LogP contribution in [0.4, 0.5) is 0 Å². The average molecular weight is 234 g/mol. The molecular formula is C11H22O5. The van der Waals surface area contributed by atoms with Gasteiger partial charge in [0.15, 0.2) is 0 Å². The van der Waals surface area contributed by atoms with Gasteiger partial charge in [-0.1, -0.05) is 20.8 Å². The Morgan fingerprint density at radius 3 is 2.12 bits per heavy atom. The van der Waals surface area contributed by atoms with E-state index in [0.717, 1.165) is 6.42 Å². The molecule has 0 aromatic carbocycles. The van der Waals surface area contributed by atoms with Crippen molar-refractivity contribution in [3.63, 3.8) is 0 Å². The lowest BCUT2D eigenvalue weighted by atomic mass is 9.84. The van der Waals surface area contributed by atoms with E-state index in [2.05, 4.69) is 35.4 Å². The predicted molar refractivity (Wildman–Crippen MR) is 58.3 cm³/mol. The summed E-state index contributed by atoms with van der Waals surface area (Å²) in [5.74, 6) is -0.631. The van der Waals surface area contributed by atoms with Gasteiger partial charge in [0, 0.05) is 7.11 Å². The van der Waals surface area contributed by atoms with Crippen LogP contribution in [0.2, 0.25) is 0 Å². The summed E-state index contributed by atoms with van der Waals surface area (Å²) in [5, 5.41) is 4.43. The Morgan fingerprint density at radius 2 is 1.69 bits per heavy atom. The van der Waals surface area contributed by atoms with Crippen LogP contribution in [0.5, 0.6) is 0 Å². The Morgan fingerprint density at radius 1 is 1.12 bits per heavy atom. The van der Waals surface area contributed by atoms with Crippen molar-refractivity contribution in [3.8, 4) is 0 Å². The summed E-state index contributed by atoms with van der Waals surface area (Å²) < 4.78 is 4.56. The third-order valence-electron chi connectivity index (χ3n) is 1.60. The van der Waals surface area contributed by atoms with E-state index < -0.39 is 11.6 Å². The van der Waals surface area contributed by atoms with E-state index in [1.807, 2.05) is 13.8 Å². The molecule has 0 N–H and O–H groups in total. The molecule has 0 bridgehead atoms. The number of carbonyl (C=O) groups is 1. The number of hydrogen-bond acceptors (Lipinski definition) is 5. The summed E-state index contributed by atoms with van der Waals surface area (Å²) in [7, 11) is 1.39. The highest BCUT2D eigenvalue weighted by Crippen LogP contribution is 2.29. The molecule has 0 heterocycles. The molecule has 0 radical (unpaired) electrons. The van der Waals surface area contributed by atoms with Gasteiger partial charge in [0.25, 0.3) is 0 Å². The third-order valence-corrected chi connectivity index (χ3v) is 1.60. The number of ether oxygens (including phenoxy) is 1. The summed E-state index contributed by atoms with van der Waals surface area (Å²) in [6.45, 7) is 9.84. The summed E-state index contributed by atoms with van der Waals surface area (Å²) >= 11 is 0. The molecule has 0 aliphatic rings. The molecule has 5 heteroatoms. The molecule has 0 fully saturated rings. The molecule has 5 nitrogen and oxygen atoms in total. The second-order valence-corrected chi connectivity index (χ2v) is 5.54. The molecule has 0 rings (SSSR count). The van der Waals surface area contributed by atoms with E-state index in [1.165, 1.54) is 7.11 Å². The topological polar surface area (TPSA) is 54.0 Å². The highest BCUT2D eigenvalue weighted by atomic mass is 17.5. The normalized spacial score (nSPS) is 12.6. The fourth-order valence-corrected chi connectivity index (χ4v) is 1.60. The fourth-order valence-electron chi connectivity index (χ4n) is 1.60. The maximum Gasteiger partial charge on any atom is 0.370 e. The fraction of sp³-hybridized carbons (Fsp3) is 0.909. The van der Waals surface area contributed by atoms with Crippen LogP contribution < -0.4 is 0 Å². The number of methoxy groups -OCH3 is 1. The maximum absolute atomic E-state index is 10.9. The summed E-state index contributed by atoms with van der Waals surface area (Å²) in [6, 6.07) is 0. The van der Waals surface area contributed by atoms with E-state index in [1.54, 1.807) is 0 Å². The van der Waals surface area contributed by atoms with Crippen LogP contribution in [0, 0.1) is 5.41 Å². The summed E-state index contributed by atoms with van der Waals surface area (Å²) in [4.78, 5) is 20.2. The molecule has 96 valence electrons. The van der Waals surface area contributed by atoms with E-state index in [4.69, 9.17) is 4.89 Å². The van der Waals surface area contributed by atoms with Gasteiger partial charge in [0.2, 0.25) is 0 Å². The summed E-state index contributed by atoms with van der Waals surface area (Å²) in [6.07, 6.45) is 0.766. The van der Waals surface area contributed by atoms with Crippen LogP contribution in [-0.2, 0) is 24.3 Å². The van der Waals surface area contributed by atoms with Gasteiger partial charge in [-0.15, -0.1) is 0 Å². The highest BCUT2D eigenvalue weighted by Gasteiger charge is 2.28. The summed E-state index contributed by atoms with van der Waals surface area (Å²) in [5.41, 5.74) is -0.422. The third kappa shape index (κ3) is 8.64. The van der Waals surface area contributed by atoms with Gasteiger partial charge in [0.05, 0.1) is 0 Å². The molecule has 0 saturated carbocycles. The molecule has 0 aromatic heterocycles. The van der Waals surface area contributed by atoms with Crippen molar-refractivity contribution in [1.82, 2.24) is 0 Å². The van der Waals surface area contributed by atoms with Crippen LogP contribution in [0.3, 0.4) is 0 Å². The zero-order valence-corrected chi connectivity index (χ0v) is 11.0. The number of carbonyl (C=O) groups excluding carboxylic acids is 1. The van der Waals surface area contributed by atoms with Crippen LogP contribution in [0.25, 0.3) is 0 Å². The maximum atomic E-state index is 10.9. The van der Waals surface area contributed by atoms with E-state index >= 15 is 0 Å². The van der Waals surface area contributed by atoms with Crippen molar-refractivity contribution in [1.29, 1.82) is 0 Å². The van der Waals surface area contributed by atoms with Gasteiger partial charge in [-0.05, 0) is 30.7 Å². The smallest absolute Gasteiger partial charge is 0.370 e. The lowest BCUT2D eigenvalue weighted by Crippen LogP contribution is -2.31. The minimum absolute atomic E-state index is 0.101. The van der Waals surface area contributed by atoms with E-state index in [-0.39, 0.29) is 12.0 Å². The molecule has 0 atom stereocenters. The van der Waals surface area contributed by atoms with Gasteiger partial charge in [-0.25, -0.2) is 4.79 Å². The molecule has 0 unspecified atom stereocenters. The Kier molecular flexibility index (Phi) is 5.92. The SMILES string of the molecule is COCC(=O)OOOC(C)(C)CC(C)(C)C. The molecule has 0 aromatic rings. The first kappa shape index (κ1) is 15.3. The highest BCUT2D eigenvalue weighted by molar-refractivity contribution is 5.69. The monoisotopic (exact) mass is 234 g/mol. The lowest BCUT2D eigenvalue weighted by molar-refractivity contribution is -0.518. The molecule has 0 amide bonds. The standard InChI is InChI=1S/C11H22O5/c1-10(2,3)8-11(4,5)15-16-14-9(12)7-13-6/h7-8H2,1-6H3. The largest absolute Gasteiger partial charge is 0.373 e. The zero-order valence-electron chi connectivity index (χ0n) is 11.0. The minimum atomic E-state index is -0.631. The van der Waals surface area contributed by atoms with E-state index in [9.17, 15) is 4.79 Å². The second-order valence-electron chi connectivity index (χ2n) is 5.54. The van der Waals surface area contributed by atoms with Crippen molar-refractivity contribution in [2.75, 3.05) is 13.7 Å². The zero-order chi connectivity index (χ0) is 12.8. The molecule has 0 aliphatic heterocycles. The van der Waals surface area contributed by atoms with Gasteiger partial charge in [-0.3, -0.25) is 4.89 Å². The predicted octanol–water partition coefficient (Wildman–Crippen LogP) is 2.25. The first-order chi connectivity index (χ1) is 7.16. The van der Waals surface area contributed by atoms with Crippen molar-refractivity contribution in [2.24, 2.45) is 5.41 Å². The van der Waals surface area contributed by atoms with Crippen LogP contribution in [0.1, 0.15) is 41.0 Å². The Hall–Kier alpha value is -0.650. The Balaban J connectivity index is 3.87. The second kappa shape index (κ2) is 6.18. The Bertz CT molecular complexity index is 217. The number of hydrogen-bond donors (Lipinski definition) is 0.